The smallest absolute Gasteiger partial charge is 0.267 e. The second-order valence-corrected chi connectivity index (χ2v) is 3.75. The molecule has 2 rings (SSSR count). The molecule has 0 fully saturated rings. The summed E-state index contributed by atoms with van der Waals surface area (Å²) < 4.78 is 26.2. The van der Waals surface area contributed by atoms with Crippen LogP contribution in [0.4, 0.5) is 26.0 Å². The Bertz CT molecular complexity index is 646. The maximum atomic E-state index is 13.5. The molecule has 1 aromatic heterocycles. The average molecular weight is 264 g/mol. The summed E-state index contributed by atoms with van der Waals surface area (Å²) in [4.78, 5) is 14.9. The van der Waals surface area contributed by atoms with Gasteiger partial charge < -0.3 is 16.8 Å². The number of halogens is 2. The lowest BCUT2D eigenvalue weighted by molar-refractivity contribution is 0.0996. The number of rotatable bonds is 3. The number of anilines is 3. The standard InChI is InChI=1S/C12H10F2N4O/c13-6-1-3-9(7(14)5-6)17-12-8(15)2-4-10(18-12)11(16)19/h1-5H,15H2,(H2,16,19)(H,17,18). The largest absolute Gasteiger partial charge is 0.396 e. The van der Waals surface area contributed by atoms with E-state index in [1.165, 1.54) is 18.2 Å². The Labute approximate surface area is 107 Å². The van der Waals surface area contributed by atoms with Crippen molar-refractivity contribution < 1.29 is 13.6 Å². The topological polar surface area (TPSA) is 94.0 Å². The summed E-state index contributed by atoms with van der Waals surface area (Å²) in [5.74, 6) is -2.16. The number of benzene rings is 1. The number of nitrogens with zero attached hydrogens (tertiary/aromatic N) is 1. The first-order chi connectivity index (χ1) is 8.97. The van der Waals surface area contributed by atoms with Gasteiger partial charge in [0.05, 0.1) is 11.4 Å². The second kappa shape index (κ2) is 4.89. The predicted molar refractivity (Wildman–Crippen MR) is 66.8 cm³/mol. The molecule has 0 radical (unpaired) electrons. The van der Waals surface area contributed by atoms with E-state index in [1.807, 2.05) is 0 Å². The van der Waals surface area contributed by atoms with E-state index in [1.54, 1.807) is 0 Å². The molecule has 98 valence electrons. The van der Waals surface area contributed by atoms with Crippen molar-refractivity contribution in [2.75, 3.05) is 11.1 Å². The van der Waals surface area contributed by atoms with Gasteiger partial charge in [0.2, 0.25) is 0 Å². The van der Waals surface area contributed by atoms with E-state index in [0.29, 0.717) is 0 Å². The fourth-order valence-electron chi connectivity index (χ4n) is 1.43. The molecule has 0 aliphatic carbocycles. The van der Waals surface area contributed by atoms with Gasteiger partial charge in [0, 0.05) is 6.07 Å². The average Bonchev–Trinajstić information content (AvgIpc) is 2.34. The molecular weight excluding hydrogens is 254 g/mol. The number of aromatic nitrogens is 1. The number of nitrogens with one attached hydrogen (secondary N) is 1. The number of primary amides is 1. The first-order valence-corrected chi connectivity index (χ1v) is 5.26. The van der Waals surface area contributed by atoms with Crippen molar-refractivity contribution >= 4 is 23.1 Å². The molecule has 0 bridgehead atoms. The van der Waals surface area contributed by atoms with Crippen LogP contribution in [0.25, 0.3) is 0 Å². The van der Waals surface area contributed by atoms with Gasteiger partial charge in [-0.15, -0.1) is 0 Å². The molecule has 1 aromatic carbocycles. The Morgan fingerprint density at radius 1 is 1.21 bits per heavy atom. The number of nitrogen functional groups attached to an aromatic ring is 1. The minimum absolute atomic E-state index is 0.0118. The molecule has 0 unspecified atom stereocenters. The third kappa shape index (κ3) is 2.76. The lowest BCUT2D eigenvalue weighted by Crippen LogP contribution is -2.14. The molecule has 1 heterocycles. The zero-order valence-corrected chi connectivity index (χ0v) is 9.65. The van der Waals surface area contributed by atoms with Crippen LogP contribution in [0.15, 0.2) is 30.3 Å². The number of amides is 1. The van der Waals surface area contributed by atoms with E-state index in [0.717, 1.165) is 12.1 Å². The third-order valence-corrected chi connectivity index (χ3v) is 2.36. The van der Waals surface area contributed by atoms with Crippen LogP contribution in [0.5, 0.6) is 0 Å². The van der Waals surface area contributed by atoms with E-state index < -0.39 is 17.5 Å². The molecule has 0 aliphatic heterocycles. The Morgan fingerprint density at radius 3 is 2.58 bits per heavy atom. The van der Waals surface area contributed by atoms with E-state index >= 15 is 0 Å². The highest BCUT2D eigenvalue weighted by Gasteiger charge is 2.10. The van der Waals surface area contributed by atoms with E-state index in [-0.39, 0.29) is 22.9 Å². The molecule has 0 saturated carbocycles. The minimum atomic E-state index is -0.800. The van der Waals surface area contributed by atoms with Crippen molar-refractivity contribution in [3.63, 3.8) is 0 Å². The fraction of sp³-hybridized carbons (Fsp3) is 0. The Morgan fingerprint density at radius 2 is 1.95 bits per heavy atom. The molecule has 5 nitrogen and oxygen atoms in total. The minimum Gasteiger partial charge on any atom is -0.396 e. The molecule has 0 saturated heterocycles. The van der Waals surface area contributed by atoms with Gasteiger partial charge >= 0.3 is 0 Å². The Balaban J connectivity index is 2.37. The van der Waals surface area contributed by atoms with Crippen LogP contribution in [0.1, 0.15) is 10.5 Å². The first-order valence-electron chi connectivity index (χ1n) is 5.26. The molecule has 0 spiro atoms. The van der Waals surface area contributed by atoms with Gasteiger partial charge in [-0.25, -0.2) is 13.8 Å². The third-order valence-electron chi connectivity index (χ3n) is 2.36. The van der Waals surface area contributed by atoms with Crippen LogP contribution in [-0.2, 0) is 0 Å². The van der Waals surface area contributed by atoms with E-state index in [2.05, 4.69) is 10.3 Å². The summed E-state index contributed by atoms with van der Waals surface area (Å²) in [7, 11) is 0. The number of hydrogen-bond donors (Lipinski definition) is 3. The number of nitrogens with two attached hydrogens (primary N) is 2. The van der Waals surface area contributed by atoms with Gasteiger partial charge in [0.1, 0.15) is 17.3 Å². The van der Waals surface area contributed by atoms with Crippen LogP contribution in [0.2, 0.25) is 0 Å². The number of carbonyl (C=O) groups excluding carboxylic acids is 1. The summed E-state index contributed by atoms with van der Waals surface area (Å²) >= 11 is 0. The van der Waals surface area contributed by atoms with Gasteiger partial charge in [0.25, 0.3) is 5.91 Å². The van der Waals surface area contributed by atoms with Gasteiger partial charge in [-0.05, 0) is 24.3 Å². The van der Waals surface area contributed by atoms with Gasteiger partial charge in [-0.2, -0.15) is 0 Å². The molecule has 5 N–H and O–H groups in total. The monoisotopic (exact) mass is 264 g/mol. The molecular formula is C12H10F2N4O. The normalized spacial score (nSPS) is 10.2. The second-order valence-electron chi connectivity index (χ2n) is 3.75. The van der Waals surface area contributed by atoms with Crippen molar-refractivity contribution in [1.82, 2.24) is 4.98 Å². The molecule has 7 heteroatoms. The molecule has 0 atom stereocenters. The lowest BCUT2D eigenvalue weighted by atomic mass is 10.2. The first kappa shape index (κ1) is 12.7. The summed E-state index contributed by atoms with van der Waals surface area (Å²) in [6.45, 7) is 0. The molecule has 0 aliphatic rings. The maximum absolute atomic E-state index is 13.5. The fourth-order valence-corrected chi connectivity index (χ4v) is 1.43. The predicted octanol–water partition coefficient (Wildman–Crippen LogP) is 1.78. The SMILES string of the molecule is NC(=O)c1ccc(N)c(Nc2ccc(F)cc2F)n1. The van der Waals surface area contributed by atoms with Gasteiger partial charge in [-0.1, -0.05) is 0 Å². The Kier molecular flexibility index (Phi) is 3.28. The molecule has 1 amide bonds. The summed E-state index contributed by atoms with van der Waals surface area (Å²) in [6.07, 6.45) is 0. The van der Waals surface area contributed by atoms with Gasteiger partial charge in [0.15, 0.2) is 5.82 Å². The van der Waals surface area contributed by atoms with Crippen LogP contribution >= 0.6 is 0 Å². The van der Waals surface area contributed by atoms with Crippen LogP contribution in [-0.4, -0.2) is 10.9 Å². The van der Waals surface area contributed by atoms with Crippen molar-refractivity contribution in [1.29, 1.82) is 0 Å². The van der Waals surface area contributed by atoms with Crippen molar-refractivity contribution in [3.05, 3.63) is 47.7 Å². The van der Waals surface area contributed by atoms with Crippen LogP contribution < -0.4 is 16.8 Å². The van der Waals surface area contributed by atoms with Crippen molar-refractivity contribution in [2.45, 2.75) is 0 Å². The van der Waals surface area contributed by atoms with Crippen molar-refractivity contribution in [3.8, 4) is 0 Å². The molecule has 2 aromatic rings. The highest BCUT2D eigenvalue weighted by Crippen LogP contribution is 2.23. The zero-order chi connectivity index (χ0) is 14.0. The Hall–Kier alpha value is -2.70. The number of hydrogen-bond acceptors (Lipinski definition) is 4. The van der Waals surface area contributed by atoms with Crippen molar-refractivity contribution in [2.24, 2.45) is 5.73 Å². The summed E-state index contributed by atoms with van der Waals surface area (Å²) in [6, 6.07) is 5.76. The molecule has 19 heavy (non-hydrogen) atoms. The van der Waals surface area contributed by atoms with Gasteiger partial charge in [-0.3, -0.25) is 4.79 Å². The van der Waals surface area contributed by atoms with E-state index in [4.69, 9.17) is 11.5 Å². The van der Waals surface area contributed by atoms with Crippen LogP contribution in [0.3, 0.4) is 0 Å². The summed E-state index contributed by atoms with van der Waals surface area (Å²) in [5, 5.41) is 2.58. The maximum Gasteiger partial charge on any atom is 0.267 e. The van der Waals surface area contributed by atoms with E-state index in [9.17, 15) is 13.6 Å². The highest BCUT2D eigenvalue weighted by atomic mass is 19.1. The summed E-state index contributed by atoms with van der Waals surface area (Å²) in [5.41, 5.74) is 10.9. The lowest BCUT2D eigenvalue weighted by Gasteiger charge is -2.10. The highest BCUT2D eigenvalue weighted by molar-refractivity contribution is 5.92. The zero-order valence-electron chi connectivity index (χ0n) is 9.65. The number of carbonyl (C=O) groups is 1. The van der Waals surface area contributed by atoms with Crippen LogP contribution in [0, 0.1) is 11.6 Å². The quantitative estimate of drug-likeness (QED) is 0.787. The number of pyridine rings is 1.